The SMILES string of the molecule is C=C(OC(C)(C)C)c1ccc2ccccc2c1. The predicted molar refractivity (Wildman–Crippen MR) is 73.8 cm³/mol. The van der Waals surface area contributed by atoms with E-state index in [1.54, 1.807) is 0 Å². The summed E-state index contributed by atoms with van der Waals surface area (Å²) in [4.78, 5) is 0. The molecule has 0 radical (unpaired) electrons. The fraction of sp³-hybridized carbons (Fsp3) is 0.250. The van der Waals surface area contributed by atoms with E-state index in [1.807, 2.05) is 32.9 Å². The quantitative estimate of drug-likeness (QED) is 0.679. The van der Waals surface area contributed by atoms with E-state index in [1.165, 1.54) is 10.8 Å². The first-order valence-corrected chi connectivity index (χ1v) is 5.83. The number of rotatable bonds is 2. The lowest BCUT2D eigenvalue weighted by Gasteiger charge is -2.23. The molecule has 0 saturated heterocycles. The lowest BCUT2D eigenvalue weighted by atomic mass is 10.1. The Balaban J connectivity index is 2.33. The average molecular weight is 226 g/mol. The van der Waals surface area contributed by atoms with Crippen LogP contribution >= 0.6 is 0 Å². The summed E-state index contributed by atoms with van der Waals surface area (Å²) in [6, 6.07) is 14.6. The van der Waals surface area contributed by atoms with Crippen LogP contribution in [0.1, 0.15) is 26.3 Å². The van der Waals surface area contributed by atoms with Gasteiger partial charge in [0.2, 0.25) is 0 Å². The second-order valence-corrected chi connectivity index (χ2v) is 5.20. The van der Waals surface area contributed by atoms with Gasteiger partial charge in [0.15, 0.2) is 0 Å². The molecular weight excluding hydrogens is 208 g/mol. The van der Waals surface area contributed by atoms with Gasteiger partial charge in [-0.1, -0.05) is 43.0 Å². The van der Waals surface area contributed by atoms with E-state index in [2.05, 4.69) is 36.9 Å². The van der Waals surface area contributed by atoms with Crippen LogP contribution in [0.5, 0.6) is 0 Å². The Morgan fingerprint density at radius 2 is 1.65 bits per heavy atom. The zero-order valence-corrected chi connectivity index (χ0v) is 10.7. The first kappa shape index (κ1) is 11.7. The van der Waals surface area contributed by atoms with Crippen molar-refractivity contribution in [1.29, 1.82) is 0 Å². The molecule has 0 saturated carbocycles. The van der Waals surface area contributed by atoms with Crippen molar-refractivity contribution in [2.24, 2.45) is 0 Å². The van der Waals surface area contributed by atoms with Gasteiger partial charge in [0, 0.05) is 5.56 Å². The van der Waals surface area contributed by atoms with Crippen LogP contribution in [0.15, 0.2) is 49.0 Å². The second kappa shape index (κ2) is 4.25. The van der Waals surface area contributed by atoms with Gasteiger partial charge in [-0.3, -0.25) is 0 Å². The molecule has 0 amide bonds. The predicted octanol–water partition coefficient (Wildman–Crippen LogP) is 4.63. The van der Waals surface area contributed by atoms with Crippen molar-refractivity contribution in [3.8, 4) is 0 Å². The topological polar surface area (TPSA) is 9.23 Å². The molecule has 0 aliphatic carbocycles. The molecule has 1 heteroatoms. The van der Waals surface area contributed by atoms with Crippen LogP contribution in [0, 0.1) is 0 Å². The van der Waals surface area contributed by atoms with Crippen LogP contribution < -0.4 is 0 Å². The van der Waals surface area contributed by atoms with Gasteiger partial charge in [0.1, 0.15) is 11.4 Å². The summed E-state index contributed by atoms with van der Waals surface area (Å²) in [5, 5.41) is 2.45. The van der Waals surface area contributed by atoms with E-state index in [4.69, 9.17) is 4.74 Å². The van der Waals surface area contributed by atoms with Crippen molar-refractivity contribution < 1.29 is 4.74 Å². The third kappa shape index (κ3) is 2.88. The van der Waals surface area contributed by atoms with Crippen LogP contribution in [0.25, 0.3) is 16.5 Å². The second-order valence-electron chi connectivity index (χ2n) is 5.20. The minimum absolute atomic E-state index is 0.206. The molecule has 88 valence electrons. The minimum Gasteiger partial charge on any atom is -0.488 e. The Morgan fingerprint density at radius 3 is 2.29 bits per heavy atom. The maximum Gasteiger partial charge on any atom is 0.120 e. The normalized spacial score (nSPS) is 11.5. The van der Waals surface area contributed by atoms with Crippen molar-refractivity contribution in [2.75, 3.05) is 0 Å². The average Bonchev–Trinajstić information content (AvgIpc) is 2.26. The zero-order valence-electron chi connectivity index (χ0n) is 10.7. The Morgan fingerprint density at radius 1 is 1.00 bits per heavy atom. The molecule has 17 heavy (non-hydrogen) atoms. The molecule has 1 nitrogen and oxygen atoms in total. The molecule has 2 aromatic carbocycles. The first-order chi connectivity index (χ1) is 7.96. The number of benzene rings is 2. The van der Waals surface area contributed by atoms with Crippen molar-refractivity contribution in [3.05, 3.63) is 54.6 Å². The summed E-state index contributed by atoms with van der Waals surface area (Å²) >= 11 is 0. The molecule has 0 unspecified atom stereocenters. The molecule has 0 aliphatic heterocycles. The Hall–Kier alpha value is -1.76. The van der Waals surface area contributed by atoms with Crippen LogP contribution in [0.2, 0.25) is 0 Å². The molecule has 0 spiro atoms. The van der Waals surface area contributed by atoms with Crippen LogP contribution in [0.4, 0.5) is 0 Å². The summed E-state index contributed by atoms with van der Waals surface area (Å²) in [5.74, 6) is 0.725. The van der Waals surface area contributed by atoms with Crippen molar-refractivity contribution >= 4 is 16.5 Å². The molecule has 0 heterocycles. The smallest absolute Gasteiger partial charge is 0.120 e. The van der Waals surface area contributed by atoms with E-state index in [9.17, 15) is 0 Å². The summed E-state index contributed by atoms with van der Waals surface area (Å²) in [7, 11) is 0. The molecular formula is C16H18O. The van der Waals surface area contributed by atoms with E-state index >= 15 is 0 Å². The van der Waals surface area contributed by atoms with Crippen LogP contribution in [-0.2, 0) is 4.74 Å². The molecule has 0 bridgehead atoms. The van der Waals surface area contributed by atoms with Crippen molar-refractivity contribution in [2.45, 2.75) is 26.4 Å². The van der Waals surface area contributed by atoms with E-state index in [0.29, 0.717) is 0 Å². The fourth-order valence-electron chi connectivity index (χ4n) is 1.79. The standard InChI is InChI=1S/C16H18O/c1-12(17-16(2,3)4)14-10-9-13-7-5-6-8-15(13)11-14/h5-11H,1H2,2-4H3. The molecule has 2 rings (SSSR count). The molecule has 0 atom stereocenters. The number of fused-ring (bicyclic) bond motifs is 1. The van der Waals surface area contributed by atoms with Gasteiger partial charge in [-0.05, 0) is 37.6 Å². The van der Waals surface area contributed by atoms with Gasteiger partial charge < -0.3 is 4.74 Å². The van der Waals surface area contributed by atoms with Gasteiger partial charge in [-0.15, -0.1) is 0 Å². The summed E-state index contributed by atoms with van der Waals surface area (Å²) in [5.41, 5.74) is 0.835. The maximum absolute atomic E-state index is 5.78. The zero-order chi connectivity index (χ0) is 12.5. The fourth-order valence-corrected chi connectivity index (χ4v) is 1.79. The highest BCUT2D eigenvalue weighted by atomic mass is 16.5. The van der Waals surface area contributed by atoms with Gasteiger partial charge in [0.25, 0.3) is 0 Å². The van der Waals surface area contributed by atoms with Crippen molar-refractivity contribution in [3.63, 3.8) is 0 Å². The maximum atomic E-state index is 5.78. The van der Waals surface area contributed by atoms with E-state index < -0.39 is 0 Å². The Kier molecular flexibility index (Phi) is 2.93. The van der Waals surface area contributed by atoms with Crippen molar-refractivity contribution in [1.82, 2.24) is 0 Å². The summed E-state index contributed by atoms with van der Waals surface area (Å²) in [6.45, 7) is 10.1. The highest BCUT2D eigenvalue weighted by Crippen LogP contribution is 2.24. The number of ether oxygens (including phenoxy) is 1. The van der Waals surface area contributed by atoms with Crippen LogP contribution in [0.3, 0.4) is 0 Å². The molecule has 0 aliphatic rings. The van der Waals surface area contributed by atoms with Gasteiger partial charge in [0.05, 0.1) is 0 Å². The molecule has 0 N–H and O–H groups in total. The molecule has 0 fully saturated rings. The van der Waals surface area contributed by atoms with Gasteiger partial charge >= 0.3 is 0 Å². The minimum atomic E-state index is -0.206. The molecule has 2 aromatic rings. The monoisotopic (exact) mass is 226 g/mol. The van der Waals surface area contributed by atoms with Gasteiger partial charge in [-0.2, -0.15) is 0 Å². The lowest BCUT2D eigenvalue weighted by Crippen LogP contribution is -2.17. The summed E-state index contributed by atoms with van der Waals surface area (Å²) < 4.78 is 5.78. The molecule has 0 aromatic heterocycles. The highest BCUT2D eigenvalue weighted by Gasteiger charge is 2.13. The summed E-state index contributed by atoms with van der Waals surface area (Å²) in [6.07, 6.45) is 0. The third-order valence-corrected chi connectivity index (χ3v) is 2.50. The lowest BCUT2D eigenvalue weighted by molar-refractivity contribution is 0.0976. The largest absolute Gasteiger partial charge is 0.488 e. The third-order valence-electron chi connectivity index (χ3n) is 2.50. The number of hydrogen-bond acceptors (Lipinski definition) is 1. The number of hydrogen-bond donors (Lipinski definition) is 0. The van der Waals surface area contributed by atoms with E-state index in [0.717, 1.165) is 11.3 Å². The van der Waals surface area contributed by atoms with E-state index in [-0.39, 0.29) is 5.60 Å². The van der Waals surface area contributed by atoms with Gasteiger partial charge in [-0.25, -0.2) is 0 Å². The van der Waals surface area contributed by atoms with Crippen LogP contribution in [-0.4, -0.2) is 5.60 Å². The first-order valence-electron chi connectivity index (χ1n) is 5.83. The highest BCUT2D eigenvalue weighted by molar-refractivity contribution is 5.85. The Bertz CT molecular complexity index is 547. The Labute approximate surface area is 103 Å².